The number of hydrogen-bond acceptors (Lipinski definition) is 6. The maximum absolute atomic E-state index is 9.20. The molecule has 1 rings (SSSR count). The number of aliphatic hydroxyl groups excluding tert-OH is 4. The Morgan fingerprint density at radius 3 is 2.14 bits per heavy atom. The van der Waals surface area contributed by atoms with Gasteiger partial charge >= 0.3 is 51.4 Å². The molecule has 6 N–H and O–H groups in total. The number of ether oxygens (including phenoxy) is 1. The Hall–Kier alpha value is 1.69. The average molecular weight is 256 g/mol. The van der Waals surface area contributed by atoms with E-state index in [1.165, 1.54) is 0 Å². The van der Waals surface area contributed by atoms with Gasteiger partial charge in [0, 0.05) is 0 Å². The minimum atomic E-state index is -1.35. The Bertz CT molecular complexity index is 166. The second-order valence-electron chi connectivity index (χ2n) is 2.81. The summed E-state index contributed by atoms with van der Waals surface area (Å²) in [5.74, 6) is 0. The van der Waals surface area contributed by atoms with E-state index >= 15 is 0 Å². The van der Waals surface area contributed by atoms with Crippen LogP contribution in [0.3, 0.4) is 0 Å². The first-order valence-electron chi connectivity index (χ1n) is 3.64. The van der Waals surface area contributed by atoms with Crippen molar-refractivity contribution in [2.75, 3.05) is 6.61 Å². The summed E-state index contributed by atoms with van der Waals surface area (Å²) < 4.78 is 4.70. The van der Waals surface area contributed by atoms with Crippen LogP contribution in [0.1, 0.15) is 1.43 Å². The van der Waals surface area contributed by atoms with Gasteiger partial charge < -0.3 is 32.3 Å². The van der Waals surface area contributed by atoms with Crippen molar-refractivity contribution >= 4 is 12.4 Å². The molecule has 0 aromatic rings. The first-order chi connectivity index (χ1) is 5.57. The summed E-state index contributed by atoms with van der Waals surface area (Å²) in [4.78, 5) is 0. The van der Waals surface area contributed by atoms with Crippen LogP contribution in [0.5, 0.6) is 0 Å². The number of halogens is 1. The fraction of sp³-hybridized carbons (Fsp3) is 1.00. The summed E-state index contributed by atoms with van der Waals surface area (Å²) in [6.45, 7) is -0.470. The molecule has 1 fully saturated rings. The van der Waals surface area contributed by atoms with Gasteiger partial charge in [-0.05, 0) is 0 Å². The van der Waals surface area contributed by atoms with Crippen molar-refractivity contribution in [3.63, 3.8) is 0 Å². The first kappa shape index (κ1) is 18.1. The predicted molar refractivity (Wildman–Crippen MR) is 46.3 cm³/mol. The number of hydrogen-bond donors (Lipinski definition) is 5. The van der Waals surface area contributed by atoms with Crippen LogP contribution in [0.2, 0.25) is 0 Å². The smallest absolute Gasteiger partial charge is 1.00 e. The van der Waals surface area contributed by atoms with Crippen LogP contribution in [0.4, 0.5) is 0 Å². The molecule has 0 aromatic heterocycles. The zero-order valence-corrected chi connectivity index (χ0v) is 11.7. The van der Waals surface area contributed by atoms with Crippen LogP contribution >= 0.6 is 12.4 Å². The van der Waals surface area contributed by atoms with Crippen molar-refractivity contribution in [3.05, 3.63) is 0 Å². The molecule has 1 heterocycles. The SMILES string of the molecule is Cl.N[C@@H]1[C@@H](O)[C@H](O)[C@@H](CO)O[C@H]1O.[H-].[K+]. The zero-order chi connectivity index (χ0) is 9.30. The minimum absolute atomic E-state index is 0. The van der Waals surface area contributed by atoms with E-state index in [2.05, 4.69) is 0 Å². The van der Waals surface area contributed by atoms with Crippen LogP contribution in [-0.4, -0.2) is 57.7 Å². The molecule has 0 aromatic carbocycles. The Kier molecular flexibility index (Phi) is 10.2. The van der Waals surface area contributed by atoms with E-state index in [-0.39, 0.29) is 65.2 Å². The standard InChI is InChI=1S/C6H13NO5.ClH.K.H/c7-3-5(10)4(9)2(1-8)12-6(3)11;;;/h2-6,8-11H,1,7H2;1H;;/q;;+1;-1/t2-,3-,4-,5-,6-;;;/m1.../s1. The molecule has 1 aliphatic rings. The first-order valence-corrected chi connectivity index (χ1v) is 3.64. The van der Waals surface area contributed by atoms with Gasteiger partial charge in [0.05, 0.1) is 12.6 Å². The molecule has 1 saturated heterocycles. The average Bonchev–Trinajstić information content (AvgIpc) is 2.08. The van der Waals surface area contributed by atoms with E-state index in [0.29, 0.717) is 0 Å². The molecule has 0 unspecified atom stereocenters. The van der Waals surface area contributed by atoms with Gasteiger partial charge in [-0.15, -0.1) is 12.4 Å². The summed E-state index contributed by atoms with van der Waals surface area (Å²) in [7, 11) is 0. The van der Waals surface area contributed by atoms with Crippen molar-refractivity contribution in [3.8, 4) is 0 Å². The Morgan fingerprint density at radius 2 is 1.71 bits per heavy atom. The summed E-state index contributed by atoms with van der Waals surface area (Å²) in [6, 6.07) is -1.04. The third kappa shape index (κ3) is 3.93. The summed E-state index contributed by atoms with van der Waals surface area (Å²) in [5.41, 5.74) is 5.26. The van der Waals surface area contributed by atoms with E-state index < -0.39 is 37.3 Å². The van der Waals surface area contributed by atoms with Gasteiger partial charge in [-0.3, -0.25) is 0 Å². The zero-order valence-electron chi connectivity index (χ0n) is 8.78. The van der Waals surface area contributed by atoms with Gasteiger partial charge in [-0.2, -0.15) is 0 Å². The molecule has 0 saturated carbocycles. The van der Waals surface area contributed by atoms with Gasteiger partial charge in [0.2, 0.25) is 0 Å². The Labute approximate surface area is 132 Å². The normalized spacial score (nSPS) is 42.2. The number of rotatable bonds is 1. The van der Waals surface area contributed by atoms with Crippen LogP contribution in [-0.2, 0) is 4.74 Å². The van der Waals surface area contributed by atoms with Crippen molar-refractivity contribution < 1.29 is 78.0 Å². The molecule has 0 radical (unpaired) electrons. The van der Waals surface area contributed by atoms with Gasteiger partial charge in [0.25, 0.3) is 0 Å². The van der Waals surface area contributed by atoms with E-state index in [0.717, 1.165) is 0 Å². The monoisotopic (exact) mass is 255 g/mol. The summed E-state index contributed by atoms with van der Waals surface area (Å²) >= 11 is 0. The van der Waals surface area contributed by atoms with Crippen LogP contribution in [0.25, 0.3) is 0 Å². The molecule has 0 aliphatic carbocycles. The van der Waals surface area contributed by atoms with Gasteiger partial charge in [-0.1, -0.05) is 0 Å². The maximum atomic E-state index is 9.20. The van der Waals surface area contributed by atoms with E-state index in [9.17, 15) is 10.2 Å². The van der Waals surface area contributed by atoms with Gasteiger partial charge in [0.15, 0.2) is 6.29 Å². The maximum Gasteiger partial charge on any atom is 1.00 e. The molecule has 82 valence electrons. The van der Waals surface area contributed by atoms with Gasteiger partial charge in [-0.25, -0.2) is 0 Å². The summed E-state index contributed by atoms with van der Waals surface area (Å²) in [6.07, 6.45) is -4.85. The molecule has 6 nitrogen and oxygen atoms in total. The van der Waals surface area contributed by atoms with Crippen LogP contribution < -0.4 is 57.1 Å². The van der Waals surface area contributed by atoms with Crippen molar-refractivity contribution in [1.82, 2.24) is 0 Å². The molecular formula is C6H15ClKNO5. The second kappa shape index (κ2) is 7.88. The van der Waals surface area contributed by atoms with E-state index in [1.807, 2.05) is 0 Å². The van der Waals surface area contributed by atoms with E-state index in [1.54, 1.807) is 0 Å². The number of aliphatic hydroxyl groups is 4. The quantitative estimate of drug-likeness (QED) is 0.298. The van der Waals surface area contributed by atoms with Crippen molar-refractivity contribution in [1.29, 1.82) is 0 Å². The Morgan fingerprint density at radius 1 is 1.21 bits per heavy atom. The molecule has 0 amide bonds. The van der Waals surface area contributed by atoms with Crippen LogP contribution in [0.15, 0.2) is 0 Å². The molecule has 1 aliphatic heterocycles. The molecule has 0 spiro atoms. The second-order valence-corrected chi connectivity index (χ2v) is 2.81. The van der Waals surface area contributed by atoms with Crippen LogP contribution in [0, 0.1) is 0 Å². The molecule has 5 atom stereocenters. The van der Waals surface area contributed by atoms with Crippen molar-refractivity contribution in [2.45, 2.75) is 30.6 Å². The molecule has 14 heavy (non-hydrogen) atoms. The molecule has 0 bridgehead atoms. The third-order valence-corrected chi connectivity index (χ3v) is 1.95. The third-order valence-electron chi connectivity index (χ3n) is 1.95. The fourth-order valence-electron chi connectivity index (χ4n) is 1.12. The van der Waals surface area contributed by atoms with E-state index in [4.69, 9.17) is 20.7 Å². The minimum Gasteiger partial charge on any atom is -1.00 e. The Balaban J connectivity index is -0.000000480. The van der Waals surface area contributed by atoms with Crippen molar-refractivity contribution in [2.24, 2.45) is 5.73 Å². The fourth-order valence-corrected chi connectivity index (χ4v) is 1.12. The molecular weight excluding hydrogens is 241 g/mol. The predicted octanol–water partition coefficient (Wildman–Crippen LogP) is -5.72. The molecule has 8 heteroatoms. The summed E-state index contributed by atoms with van der Waals surface area (Å²) in [5, 5.41) is 36.1. The topological polar surface area (TPSA) is 116 Å². The van der Waals surface area contributed by atoms with Gasteiger partial charge in [0.1, 0.15) is 18.3 Å². The number of nitrogens with two attached hydrogens (primary N) is 1. The largest absolute Gasteiger partial charge is 1.00 e.